The van der Waals surface area contributed by atoms with Crippen LogP contribution in [0, 0.1) is 0 Å². The zero-order valence-corrected chi connectivity index (χ0v) is 19.9. The van der Waals surface area contributed by atoms with Gasteiger partial charge in [0.1, 0.15) is 5.75 Å². The van der Waals surface area contributed by atoms with E-state index in [0.717, 1.165) is 4.31 Å². The lowest BCUT2D eigenvalue weighted by Gasteiger charge is -2.34. The number of nitrogens with zero attached hydrogens (tertiary/aromatic N) is 1. The normalized spacial score (nSPS) is 15.6. The number of fused-ring (bicyclic) bond motifs is 1. The van der Waals surface area contributed by atoms with Crippen molar-refractivity contribution in [3.63, 3.8) is 0 Å². The molecule has 0 radical (unpaired) electrons. The van der Waals surface area contributed by atoms with Crippen molar-refractivity contribution in [2.24, 2.45) is 0 Å². The number of halogens is 4. The number of hydrogen-bond acceptors (Lipinski definition) is 4. The van der Waals surface area contributed by atoms with Crippen LogP contribution in [0.15, 0.2) is 65.6 Å². The molecule has 0 saturated carbocycles. The Labute approximate surface area is 204 Å². The first kappa shape index (κ1) is 23.0. The molecular formula is C21H14Cl4N2O4S. The number of carbonyl (C=O) groups is 1. The highest BCUT2D eigenvalue weighted by Crippen LogP contribution is 2.38. The molecule has 11 heteroatoms. The van der Waals surface area contributed by atoms with Crippen LogP contribution >= 0.6 is 46.4 Å². The summed E-state index contributed by atoms with van der Waals surface area (Å²) in [6, 6.07) is 15.1. The van der Waals surface area contributed by atoms with Gasteiger partial charge in [0.15, 0.2) is 6.10 Å². The minimum atomic E-state index is -4.00. The summed E-state index contributed by atoms with van der Waals surface area (Å²) < 4.78 is 33.7. The van der Waals surface area contributed by atoms with E-state index < -0.39 is 22.0 Å². The van der Waals surface area contributed by atoms with E-state index in [1.165, 1.54) is 36.4 Å². The van der Waals surface area contributed by atoms with E-state index in [9.17, 15) is 13.2 Å². The third kappa shape index (κ3) is 4.49. The van der Waals surface area contributed by atoms with E-state index in [0.29, 0.717) is 10.7 Å². The molecule has 6 nitrogen and oxygen atoms in total. The monoisotopic (exact) mass is 530 g/mol. The maximum Gasteiger partial charge on any atom is 0.267 e. The highest BCUT2D eigenvalue weighted by molar-refractivity contribution is 7.92. The second-order valence-corrected chi connectivity index (χ2v) is 10.3. The second kappa shape index (κ2) is 9.00. The van der Waals surface area contributed by atoms with E-state index >= 15 is 0 Å². The van der Waals surface area contributed by atoms with Crippen LogP contribution in [0.1, 0.15) is 0 Å². The van der Waals surface area contributed by atoms with Crippen LogP contribution in [0.25, 0.3) is 0 Å². The van der Waals surface area contributed by atoms with E-state index in [2.05, 4.69) is 5.32 Å². The van der Waals surface area contributed by atoms with E-state index in [1.54, 1.807) is 24.3 Å². The summed E-state index contributed by atoms with van der Waals surface area (Å²) in [4.78, 5) is 13.0. The Morgan fingerprint density at radius 3 is 2.31 bits per heavy atom. The zero-order valence-electron chi connectivity index (χ0n) is 16.1. The lowest BCUT2D eigenvalue weighted by molar-refractivity contribution is -0.122. The van der Waals surface area contributed by atoms with Crippen LogP contribution in [0.5, 0.6) is 5.75 Å². The van der Waals surface area contributed by atoms with Crippen molar-refractivity contribution in [3.05, 3.63) is 80.8 Å². The predicted octanol–water partition coefficient (Wildman–Crippen LogP) is 5.90. The number of sulfonamides is 1. The smallest absolute Gasteiger partial charge is 0.267 e. The predicted molar refractivity (Wildman–Crippen MR) is 127 cm³/mol. The minimum Gasteiger partial charge on any atom is -0.476 e. The summed E-state index contributed by atoms with van der Waals surface area (Å²) in [5.74, 6) is -0.354. The number of amides is 1. The first-order valence-corrected chi connectivity index (χ1v) is 12.1. The van der Waals surface area contributed by atoms with Crippen molar-refractivity contribution in [2.45, 2.75) is 11.0 Å². The first-order chi connectivity index (χ1) is 15.2. The van der Waals surface area contributed by atoms with Crippen molar-refractivity contribution in [3.8, 4) is 5.75 Å². The van der Waals surface area contributed by atoms with Gasteiger partial charge in [-0.2, -0.15) is 0 Å². The SMILES string of the molecule is O=C(Nc1cc(Cl)c(Cl)cc1Cl)C1CN(S(=O)(=O)c2ccc(Cl)cc2)c2ccccc2O1. The lowest BCUT2D eigenvalue weighted by atomic mass is 10.2. The molecule has 0 aromatic heterocycles. The summed E-state index contributed by atoms with van der Waals surface area (Å²) >= 11 is 24.0. The topological polar surface area (TPSA) is 75.7 Å². The van der Waals surface area contributed by atoms with Crippen molar-refractivity contribution in [1.82, 2.24) is 0 Å². The average molecular weight is 532 g/mol. The largest absolute Gasteiger partial charge is 0.476 e. The summed E-state index contributed by atoms with van der Waals surface area (Å²) in [6.07, 6.45) is -1.16. The number of carbonyl (C=O) groups excluding carboxylic acids is 1. The number of benzene rings is 3. The van der Waals surface area contributed by atoms with Gasteiger partial charge in [0.05, 0.1) is 37.9 Å². The highest BCUT2D eigenvalue weighted by Gasteiger charge is 2.37. The molecule has 1 amide bonds. The van der Waals surface area contributed by atoms with Crippen molar-refractivity contribution < 1.29 is 17.9 Å². The van der Waals surface area contributed by atoms with Gasteiger partial charge in [-0.05, 0) is 48.5 Å². The van der Waals surface area contributed by atoms with Crippen LogP contribution < -0.4 is 14.4 Å². The molecule has 1 aliphatic rings. The van der Waals surface area contributed by atoms with E-state index in [4.69, 9.17) is 51.1 Å². The third-order valence-electron chi connectivity index (χ3n) is 4.70. The minimum absolute atomic E-state index is 0.0327. The number of rotatable bonds is 4. The molecule has 4 rings (SSSR count). The molecule has 0 saturated heterocycles. The Kier molecular flexibility index (Phi) is 6.47. The van der Waals surface area contributed by atoms with Gasteiger partial charge in [-0.15, -0.1) is 0 Å². The van der Waals surface area contributed by atoms with Crippen molar-refractivity contribution in [1.29, 1.82) is 0 Å². The van der Waals surface area contributed by atoms with Crippen LogP contribution in [-0.2, 0) is 14.8 Å². The van der Waals surface area contributed by atoms with Gasteiger partial charge in [0, 0.05) is 5.02 Å². The Hall–Kier alpha value is -2.16. The van der Waals surface area contributed by atoms with Gasteiger partial charge in [-0.25, -0.2) is 8.42 Å². The summed E-state index contributed by atoms with van der Waals surface area (Å²) in [7, 11) is -4.00. The third-order valence-corrected chi connectivity index (χ3v) is 7.78. The Balaban J connectivity index is 1.67. The molecule has 1 heterocycles. The molecule has 1 aliphatic heterocycles. The lowest BCUT2D eigenvalue weighted by Crippen LogP contribution is -2.48. The van der Waals surface area contributed by atoms with Gasteiger partial charge < -0.3 is 10.1 Å². The second-order valence-electron chi connectivity index (χ2n) is 6.80. The molecule has 3 aromatic rings. The van der Waals surface area contributed by atoms with Crippen LogP contribution in [0.4, 0.5) is 11.4 Å². The van der Waals surface area contributed by atoms with Gasteiger partial charge in [0.25, 0.3) is 15.9 Å². The fourth-order valence-electron chi connectivity index (χ4n) is 3.13. The number of anilines is 2. The highest BCUT2D eigenvalue weighted by atomic mass is 35.5. The zero-order chi connectivity index (χ0) is 23.0. The number of para-hydroxylation sites is 2. The molecule has 1 atom stereocenters. The summed E-state index contributed by atoms with van der Waals surface area (Å²) in [6.45, 7) is -0.257. The summed E-state index contributed by atoms with van der Waals surface area (Å²) in [5, 5.41) is 3.64. The molecular weight excluding hydrogens is 518 g/mol. The molecule has 32 heavy (non-hydrogen) atoms. The van der Waals surface area contributed by atoms with Gasteiger partial charge in [-0.3, -0.25) is 9.10 Å². The maximum absolute atomic E-state index is 13.4. The van der Waals surface area contributed by atoms with Gasteiger partial charge in [-0.1, -0.05) is 58.5 Å². The van der Waals surface area contributed by atoms with E-state index in [-0.39, 0.29) is 37.9 Å². The molecule has 0 bridgehead atoms. The molecule has 0 aliphatic carbocycles. The first-order valence-electron chi connectivity index (χ1n) is 9.16. The molecule has 166 valence electrons. The van der Waals surface area contributed by atoms with Crippen LogP contribution in [0.3, 0.4) is 0 Å². The average Bonchev–Trinajstić information content (AvgIpc) is 2.77. The van der Waals surface area contributed by atoms with Crippen molar-refractivity contribution in [2.75, 3.05) is 16.2 Å². The Morgan fingerprint density at radius 2 is 1.59 bits per heavy atom. The Bertz CT molecular complexity index is 1300. The van der Waals surface area contributed by atoms with Crippen LogP contribution in [-0.4, -0.2) is 27.0 Å². The Morgan fingerprint density at radius 1 is 0.938 bits per heavy atom. The molecule has 1 unspecified atom stereocenters. The number of ether oxygens (including phenoxy) is 1. The van der Waals surface area contributed by atoms with Crippen LogP contribution in [0.2, 0.25) is 20.1 Å². The molecule has 1 N–H and O–H groups in total. The fourth-order valence-corrected chi connectivity index (χ4v) is 5.33. The van der Waals surface area contributed by atoms with Crippen molar-refractivity contribution >= 4 is 73.7 Å². The fraction of sp³-hybridized carbons (Fsp3) is 0.0952. The molecule has 0 spiro atoms. The number of nitrogens with one attached hydrogen (secondary N) is 1. The standard InChI is InChI=1S/C21H14Cl4N2O4S/c22-12-5-7-13(8-6-12)32(29,30)27-11-20(31-19-4-2-1-3-18(19)27)21(28)26-17-10-15(24)14(23)9-16(17)25/h1-10,20H,11H2,(H,26,28). The molecule has 0 fully saturated rings. The summed E-state index contributed by atoms with van der Waals surface area (Å²) in [5.41, 5.74) is 0.541. The number of hydrogen-bond donors (Lipinski definition) is 1. The van der Waals surface area contributed by atoms with Gasteiger partial charge >= 0.3 is 0 Å². The van der Waals surface area contributed by atoms with E-state index in [1.807, 2.05) is 0 Å². The molecule has 3 aromatic carbocycles. The van der Waals surface area contributed by atoms with Gasteiger partial charge in [0.2, 0.25) is 0 Å². The maximum atomic E-state index is 13.4. The quantitative estimate of drug-likeness (QED) is 0.425.